The van der Waals surface area contributed by atoms with Crippen LogP contribution in [0.25, 0.3) is 23.1 Å². The van der Waals surface area contributed by atoms with Crippen molar-refractivity contribution in [3.05, 3.63) is 54.1 Å². The Bertz CT molecular complexity index is 1040. The number of pyridine rings is 1. The first kappa shape index (κ1) is 31.2. The maximum absolute atomic E-state index is 7.15. The van der Waals surface area contributed by atoms with Crippen LogP contribution in [0.2, 0.25) is 0 Å². The van der Waals surface area contributed by atoms with E-state index in [4.69, 9.17) is 20.9 Å². The number of anilines is 1. The summed E-state index contributed by atoms with van der Waals surface area (Å²) in [6.45, 7) is 1.55. The minimum Gasteiger partial charge on any atom is -0.497 e. The summed E-state index contributed by atoms with van der Waals surface area (Å²) in [6.07, 6.45) is 9.73. The standard InChI is InChI=1S/C23H29N7O.3ClH/c1-31-18-10-11-20-19(16-18)22(27-14-5-2-3-6-15-28-23(24)25)30-21(29-20)12-9-17-8-4-7-13-26-17;;;/h4,7-13,16H,2-3,5-6,14-15H2,1H3,(H4,24,25,28)(H,27,29,30);3*1H. The molecule has 2 aromatic heterocycles. The highest BCUT2D eigenvalue weighted by Crippen LogP contribution is 2.25. The Kier molecular flexibility index (Phi) is 15.4. The molecule has 0 spiro atoms. The van der Waals surface area contributed by atoms with Gasteiger partial charge in [0.2, 0.25) is 0 Å². The summed E-state index contributed by atoms with van der Waals surface area (Å²) in [7, 11) is 1.65. The Morgan fingerprint density at radius 2 is 1.76 bits per heavy atom. The van der Waals surface area contributed by atoms with Gasteiger partial charge >= 0.3 is 0 Å². The van der Waals surface area contributed by atoms with Crippen molar-refractivity contribution < 1.29 is 4.74 Å². The third kappa shape index (κ3) is 9.99. The molecule has 34 heavy (non-hydrogen) atoms. The molecule has 0 fully saturated rings. The number of guanidine groups is 1. The van der Waals surface area contributed by atoms with E-state index in [1.807, 2.05) is 48.6 Å². The van der Waals surface area contributed by atoms with Crippen molar-refractivity contribution in [3.8, 4) is 5.75 Å². The fourth-order valence-corrected chi connectivity index (χ4v) is 3.13. The Balaban J connectivity index is 0.00000363. The smallest absolute Gasteiger partial charge is 0.185 e. The van der Waals surface area contributed by atoms with Crippen molar-refractivity contribution >= 4 is 72.1 Å². The molecular formula is C23H32Cl3N7O. The van der Waals surface area contributed by atoms with E-state index in [0.717, 1.165) is 66.9 Å². The molecule has 11 heteroatoms. The lowest BCUT2D eigenvalue weighted by molar-refractivity contribution is 0.415. The molecule has 0 amide bonds. The van der Waals surface area contributed by atoms with E-state index in [9.17, 15) is 0 Å². The molecule has 0 aliphatic carbocycles. The van der Waals surface area contributed by atoms with Gasteiger partial charge in [-0.2, -0.15) is 0 Å². The van der Waals surface area contributed by atoms with Crippen LogP contribution in [0.4, 0.5) is 5.82 Å². The van der Waals surface area contributed by atoms with Gasteiger partial charge in [0.25, 0.3) is 0 Å². The Hall–Kier alpha value is -2.81. The summed E-state index contributed by atoms with van der Waals surface area (Å²) in [5.74, 6) is 2.22. The van der Waals surface area contributed by atoms with E-state index < -0.39 is 0 Å². The fraction of sp³-hybridized carbons (Fsp3) is 0.304. The number of hydrogen-bond acceptors (Lipinski definition) is 6. The number of nitrogens with one attached hydrogen (secondary N) is 3. The lowest BCUT2D eigenvalue weighted by Crippen LogP contribution is -2.30. The van der Waals surface area contributed by atoms with Gasteiger partial charge in [-0.05, 0) is 55.3 Å². The number of hydrogen-bond donors (Lipinski definition) is 4. The molecule has 0 aliphatic heterocycles. The first-order chi connectivity index (χ1) is 15.2. The van der Waals surface area contributed by atoms with Crippen molar-refractivity contribution in [1.82, 2.24) is 20.3 Å². The van der Waals surface area contributed by atoms with Crippen molar-refractivity contribution in [2.45, 2.75) is 25.7 Å². The van der Waals surface area contributed by atoms with Gasteiger partial charge in [0.1, 0.15) is 11.6 Å². The van der Waals surface area contributed by atoms with Crippen molar-refractivity contribution in [1.29, 1.82) is 5.41 Å². The Labute approximate surface area is 218 Å². The number of nitrogens with two attached hydrogens (primary N) is 1. The van der Waals surface area contributed by atoms with Gasteiger partial charge in [-0.1, -0.05) is 18.9 Å². The molecule has 0 saturated carbocycles. The SMILES string of the molecule is COc1ccc2nc(C=Cc3ccccn3)nc(NCCCCCCNC(=N)N)c2c1.Cl.Cl.Cl. The van der Waals surface area contributed by atoms with Gasteiger partial charge in [-0.25, -0.2) is 9.97 Å². The zero-order chi connectivity index (χ0) is 21.9. The number of ether oxygens (including phenoxy) is 1. The highest BCUT2D eigenvalue weighted by Gasteiger charge is 2.08. The lowest BCUT2D eigenvalue weighted by Gasteiger charge is -2.11. The Morgan fingerprint density at radius 3 is 2.44 bits per heavy atom. The van der Waals surface area contributed by atoms with Crippen molar-refractivity contribution in [2.24, 2.45) is 5.73 Å². The number of methoxy groups -OCH3 is 1. The molecule has 0 aliphatic rings. The Morgan fingerprint density at radius 1 is 1.00 bits per heavy atom. The maximum Gasteiger partial charge on any atom is 0.185 e. The molecule has 0 radical (unpaired) electrons. The van der Waals surface area contributed by atoms with E-state index in [1.54, 1.807) is 13.3 Å². The molecule has 1 aromatic carbocycles. The average molecular weight is 529 g/mol. The average Bonchev–Trinajstić information content (AvgIpc) is 2.79. The number of benzene rings is 1. The number of aromatic nitrogens is 3. The molecule has 0 atom stereocenters. The molecule has 2 heterocycles. The van der Waals surface area contributed by atoms with Gasteiger partial charge in [-0.3, -0.25) is 10.4 Å². The van der Waals surface area contributed by atoms with Gasteiger partial charge in [-0.15, -0.1) is 37.2 Å². The highest BCUT2D eigenvalue weighted by molar-refractivity contribution is 5.91. The van der Waals surface area contributed by atoms with E-state index in [0.29, 0.717) is 5.82 Å². The molecule has 0 saturated heterocycles. The topological polar surface area (TPSA) is 122 Å². The van der Waals surface area contributed by atoms with E-state index in [2.05, 4.69) is 20.6 Å². The van der Waals surface area contributed by atoms with Gasteiger partial charge in [0.05, 0.1) is 18.3 Å². The zero-order valence-corrected chi connectivity index (χ0v) is 21.4. The summed E-state index contributed by atoms with van der Waals surface area (Å²) in [6, 6.07) is 11.6. The van der Waals surface area contributed by atoms with Crippen LogP contribution >= 0.6 is 37.2 Å². The number of nitrogens with zero attached hydrogens (tertiary/aromatic N) is 3. The van der Waals surface area contributed by atoms with Crippen LogP contribution in [0, 0.1) is 5.41 Å². The van der Waals surface area contributed by atoms with E-state index in [-0.39, 0.29) is 43.2 Å². The molecule has 186 valence electrons. The zero-order valence-electron chi connectivity index (χ0n) is 19.0. The predicted octanol–water partition coefficient (Wildman–Crippen LogP) is 4.92. The molecule has 5 N–H and O–H groups in total. The van der Waals surface area contributed by atoms with Crippen LogP contribution in [-0.2, 0) is 0 Å². The molecule has 3 rings (SSSR count). The number of halogens is 3. The predicted molar refractivity (Wildman–Crippen MR) is 148 cm³/mol. The second-order valence-electron chi connectivity index (χ2n) is 7.08. The maximum atomic E-state index is 7.15. The number of unbranched alkanes of at least 4 members (excludes halogenated alkanes) is 3. The minimum absolute atomic E-state index is 0. The van der Waals surface area contributed by atoms with Crippen LogP contribution in [0.3, 0.4) is 0 Å². The molecule has 0 bridgehead atoms. The van der Waals surface area contributed by atoms with Crippen LogP contribution < -0.4 is 21.1 Å². The van der Waals surface area contributed by atoms with Gasteiger partial charge in [0, 0.05) is 24.7 Å². The van der Waals surface area contributed by atoms with Gasteiger partial charge in [0.15, 0.2) is 11.8 Å². The lowest BCUT2D eigenvalue weighted by atomic mass is 10.2. The van der Waals surface area contributed by atoms with E-state index >= 15 is 0 Å². The monoisotopic (exact) mass is 527 g/mol. The summed E-state index contributed by atoms with van der Waals surface area (Å²) in [4.78, 5) is 13.7. The van der Waals surface area contributed by atoms with Crippen molar-refractivity contribution in [2.75, 3.05) is 25.5 Å². The van der Waals surface area contributed by atoms with Crippen LogP contribution in [0.5, 0.6) is 5.75 Å². The molecule has 0 unspecified atom stereocenters. The summed E-state index contributed by atoms with van der Waals surface area (Å²) in [5, 5.41) is 14.4. The summed E-state index contributed by atoms with van der Waals surface area (Å²) >= 11 is 0. The second-order valence-corrected chi connectivity index (χ2v) is 7.08. The highest BCUT2D eigenvalue weighted by atomic mass is 35.5. The third-order valence-electron chi connectivity index (χ3n) is 4.72. The third-order valence-corrected chi connectivity index (χ3v) is 4.72. The summed E-state index contributed by atoms with van der Waals surface area (Å²) in [5.41, 5.74) is 7.00. The van der Waals surface area contributed by atoms with Crippen molar-refractivity contribution in [3.63, 3.8) is 0 Å². The first-order valence-electron chi connectivity index (χ1n) is 10.4. The van der Waals surface area contributed by atoms with E-state index in [1.165, 1.54) is 0 Å². The minimum atomic E-state index is 0. The van der Waals surface area contributed by atoms with Crippen LogP contribution in [0.1, 0.15) is 37.2 Å². The number of rotatable bonds is 11. The van der Waals surface area contributed by atoms with Gasteiger partial charge < -0.3 is 21.1 Å². The normalized spacial score (nSPS) is 10.0. The molecule has 8 nitrogen and oxygen atoms in total. The quantitative estimate of drug-likeness (QED) is 0.158. The largest absolute Gasteiger partial charge is 0.497 e. The second kappa shape index (κ2) is 16.7. The number of fused-ring (bicyclic) bond motifs is 1. The fourth-order valence-electron chi connectivity index (χ4n) is 3.13. The van der Waals surface area contributed by atoms with Crippen LogP contribution in [0.15, 0.2) is 42.6 Å². The summed E-state index contributed by atoms with van der Waals surface area (Å²) < 4.78 is 5.37. The molecule has 3 aromatic rings. The van der Waals surface area contributed by atoms with Crippen LogP contribution in [-0.4, -0.2) is 41.1 Å². The first-order valence-corrected chi connectivity index (χ1v) is 10.4. The molecular weight excluding hydrogens is 497 g/mol.